The van der Waals surface area contributed by atoms with Crippen molar-refractivity contribution in [3.05, 3.63) is 71.9 Å². The Morgan fingerprint density at radius 1 is 1.08 bits per heavy atom. The lowest BCUT2D eigenvalue weighted by Crippen LogP contribution is -2.22. The second kappa shape index (κ2) is 6.32. The molecule has 0 saturated carbocycles. The maximum Gasteiger partial charge on any atom is 0.191 e. The largest absolute Gasteiger partial charge is 0.370 e. The predicted molar refractivity (Wildman–Crippen MR) is 96.7 cm³/mol. The van der Waals surface area contributed by atoms with Gasteiger partial charge in [0.15, 0.2) is 5.96 Å². The standard InChI is InChI=1S/C19H16F2N4/c1-10-8-14(18-15(20)4-3-5-16(18)21)13-9-12(6-7-17(13)24-10)11(2)25-19(22)23/h3-9H,2H2,1H3,(H4,22,23,25). The lowest BCUT2D eigenvalue weighted by molar-refractivity contribution is 0.590. The summed E-state index contributed by atoms with van der Waals surface area (Å²) in [6.07, 6.45) is 0. The number of pyridine rings is 1. The van der Waals surface area contributed by atoms with Gasteiger partial charge in [-0.3, -0.25) is 4.98 Å². The van der Waals surface area contributed by atoms with Gasteiger partial charge in [-0.2, -0.15) is 0 Å². The lowest BCUT2D eigenvalue weighted by atomic mass is 9.97. The monoisotopic (exact) mass is 338 g/mol. The van der Waals surface area contributed by atoms with Crippen LogP contribution < -0.4 is 11.5 Å². The van der Waals surface area contributed by atoms with Crippen molar-refractivity contribution in [2.45, 2.75) is 6.92 Å². The fourth-order valence-electron chi connectivity index (χ4n) is 2.72. The topological polar surface area (TPSA) is 77.3 Å². The van der Waals surface area contributed by atoms with E-state index >= 15 is 0 Å². The van der Waals surface area contributed by atoms with Gasteiger partial charge in [0.25, 0.3) is 0 Å². The van der Waals surface area contributed by atoms with E-state index in [1.807, 2.05) is 0 Å². The van der Waals surface area contributed by atoms with E-state index < -0.39 is 11.6 Å². The summed E-state index contributed by atoms with van der Waals surface area (Å²) in [5, 5.41) is 0.582. The number of guanidine groups is 1. The Labute approximate surface area is 143 Å². The highest BCUT2D eigenvalue weighted by Gasteiger charge is 2.16. The van der Waals surface area contributed by atoms with Crippen LogP contribution in [0.3, 0.4) is 0 Å². The van der Waals surface area contributed by atoms with Gasteiger partial charge in [-0.25, -0.2) is 13.8 Å². The van der Waals surface area contributed by atoms with E-state index in [0.717, 1.165) is 0 Å². The molecule has 6 heteroatoms. The molecule has 3 aromatic rings. The van der Waals surface area contributed by atoms with Crippen molar-refractivity contribution in [3.63, 3.8) is 0 Å². The molecule has 25 heavy (non-hydrogen) atoms. The maximum atomic E-state index is 14.3. The molecule has 3 rings (SSSR count). The van der Waals surface area contributed by atoms with Gasteiger partial charge < -0.3 is 11.5 Å². The molecule has 1 aromatic heterocycles. The lowest BCUT2D eigenvalue weighted by Gasteiger charge is -2.12. The van der Waals surface area contributed by atoms with Gasteiger partial charge in [0.1, 0.15) is 11.6 Å². The Morgan fingerprint density at radius 3 is 2.40 bits per heavy atom. The Hall–Kier alpha value is -3.28. The first kappa shape index (κ1) is 16.6. The third kappa shape index (κ3) is 3.19. The van der Waals surface area contributed by atoms with Gasteiger partial charge in [-0.05, 0) is 42.8 Å². The van der Waals surface area contributed by atoms with Crippen LogP contribution in [0.15, 0.2) is 54.0 Å². The molecule has 126 valence electrons. The number of hydrogen-bond donors (Lipinski definition) is 2. The molecule has 2 aromatic carbocycles. The molecule has 4 nitrogen and oxygen atoms in total. The van der Waals surface area contributed by atoms with Crippen molar-refractivity contribution in [1.82, 2.24) is 4.98 Å². The molecule has 1 heterocycles. The number of aromatic nitrogens is 1. The zero-order chi connectivity index (χ0) is 18.1. The van der Waals surface area contributed by atoms with Crippen LogP contribution in [0.1, 0.15) is 11.3 Å². The van der Waals surface area contributed by atoms with Crippen molar-refractivity contribution >= 4 is 22.6 Å². The summed E-state index contributed by atoms with van der Waals surface area (Å²) in [4.78, 5) is 8.34. The minimum Gasteiger partial charge on any atom is -0.370 e. The van der Waals surface area contributed by atoms with Crippen LogP contribution in [0, 0.1) is 18.6 Å². The molecule has 0 aliphatic carbocycles. The molecular formula is C19H16F2N4. The average molecular weight is 338 g/mol. The predicted octanol–water partition coefficient (Wildman–Crippen LogP) is 3.73. The fraction of sp³-hybridized carbons (Fsp3) is 0.0526. The van der Waals surface area contributed by atoms with E-state index in [4.69, 9.17) is 11.5 Å². The molecule has 0 unspecified atom stereocenters. The third-order valence-electron chi connectivity index (χ3n) is 3.77. The van der Waals surface area contributed by atoms with E-state index in [2.05, 4.69) is 16.6 Å². The summed E-state index contributed by atoms with van der Waals surface area (Å²) in [7, 11) is 0. The third-order valence-corrected chi connectivity index (χ3v) is 3.77. The molecule has 0 saturated heterocycles. The minimum atomic E-state index is -0.639. The molecular weight excluding hydrogens is 322 g/mol. The number of nitrogens with two attached hydrogens (primary N) is 2. The number of benzene rings is 2. The van der Waals surface area contributed by atoms with Crippen molar-refractivity contribution in [2.75, 3.05) is 0 Å². The molecule has 0 fully saturated rings. The van der Waals surface area contributed by atoms with Crippen LogP contribution in [-0.2, 0) is 0 Å². The molecule has 0 spiro atoms. The van der Waals surface area contributed by atoms with E-state index in [0.29, 0.717) is 33.4 Å². The number of aliphatic imine (C=N–C) groups is 1. The van der Waals surface area contributed by atoms with Crippen LogP contribution in [0.25, 0.3) is 27.7 Å². The number of fused-ring (bicyclic) bond motifs is 1. The second-order valence-electron chi connectivity index (χ2n) is 5.62. The quantitative estimate of drug-likeness (QED) is 0.564. The fourth-order valence-corrected chi connectivity index (χ4v) is 2.72. The first-order chi connectivity index (χ1) is 11.9. The Balaban J connectivity index is 2.31. The zero-order valence-electron chi connectivity index (χ0n) is 13.6. The SMILES string of the molecule is C=C(N=C(N)N)c1ccc2nc(C)cc(-c3c(F)cccc3F)c2c1. The van der Waals surface area contributed by atoms with Crippen LogP contribution in [-0.4, -0.2) is 10.9 Å². The van der Waals surface area contributed by atoms with Crippen molar-refractivity contribution in [1.29, 1.82) is 0 Å². The first-order valence-electron chi connectivity index (χ1n) is 7.51. The number of halogens is 2. The van der Waals surface area contributed by atoms with Gasteiger partial charge in [-0.15, -0.1) is 0 Å². The van der Waals surface area contributed by atoms with E-state index in [1.54, 1.807) is 31.2 Å². The summed E-state index contributed by atoms with van der Waals surface area (Å²) in [5.74, 6) is -1.40. The highest BCUT2D eigenvalue weighted by molar-refractivity contribution is 5.97. The van der Waals surface area contributed by atoms with Gasteiger partial charge in [0.2, 0.25) is 0 Å². The maximum absolute atomic E-state index is 14.3. The Bertz CT molecular complexity index is 1000. The summed E-state index contributed by atoms with van der Waals surface area (Å²) < 4.78 is 28.6. The second-order valence-corrected chi connectivity index (χ2v) is 5.62. The summed E-state index contributed by atoms with van der Waals surface area (Å²) in [6.45, 7) is 5.58. The highest BCUT2D eigenvalue weighted by Crippen LogP contribution is 2.34. The normalized spacial score (nSPS) is 10.7. The minimum absolute atomic E-state index is 0.0948. The number of hydrogen-bond acceptors (Lipinski definition) is 2. The van der Waals surface area contributed by atoms with Crippen LogP contribution in [0.2, 0.25) is 0 Å². The summed E-state index contributed by atoms with van der Waals surface area (Å²) in [5.41, 5.74) is 13.3. The first-order valence-corrected chi connectivity index (χ1v) is 7.51. The van der Waals surface area contributed by atoms with Crippen molar-refractivity contribution < 1.29 is 8.78 Å². The summed E-state index contributed by atoms with van der Waals surface area (Å²) in [6, 6.07) is 10.6. The van der Waals surface area contributed by atoms with E-state index in [1.165, 1.54) is 18.2 Å². The van der Waals surface area contributed by atoms with Gasteiger partial charge in [0, 0.05) is 16.6 Å². The molecule has 0 bridgehead atoms. The molecule has 0 radical (unpaired) electrons. The molecule has 0 aliphatic rings. The van der Waals surface area contributed by atoms with Gasteiger partial charge >= 0.3 is 0 Å². The number of rotatable bonds is 3. The average Bonchev–Trinajstić information content (AvgIpc) is 2.53. The Morgan fingerprint density at radius 2 is 1.76 bits per heavy atom. The molecule has 0 aliphatic heterocycles. The van der Waals surface area contributed by atoms with Crippen LogP contribution in [0.4, 0.5) is 8.78 Å². The number of nitrogens with zero attached hydrogens (tertiary/aromatic N) is 2. The van der Waals surface area contributed by atoms with Crippen molar-refractivity contribution in [3.8, 4) is 11.1 Å². The molecule has 0 amide bonds. The van der Waals surface area contributed by atoms with E-state index in [9.17, 15) is 8.78 Å². The smallest absolute Gasteiger partial charge is 0.191 e. The van der Waals surface area contributed by atoms with Crippen LogP contribution >= 0.6 is 0 Å². The van der Waals surface area contributed by atoms with E-state index in [-0.39, 0.29) is 11.5 Å². The highest BCUT2D eigenvalue weighted by atomic mass is 19.1. The molecule has 0 atom stereocenters. The zero-order valence-corrected chi connectivity index (χ0v) is 13.6. The van der Waals surface area contributed by atoms with Crippen molar-refractivity contribution in [2.24, 2.45) is 16.5 Å². The molecule has 4 N–H and O–H groups in total. The van der Waals surface area contributed by atoms with Gasteiger partial charge in [0.05, 0.1) is 16.8 Å². The van der Waals surface area contributed by atoms with Crippen LogP contribution in [0.5, 0.6) is 0 Å². The van der Waals surface area contributed by atoms with Gasteiger partial charge in [-0.1, -0.05) is 18.7 Å². The Kier molecular flexibility index (Phi) is 4.19. The summed E-state index contributed by atoms with van der Waals surface area (Å²) >= 11 is 0. The number of aryl methyl sites for hydroxylation is 1.